The van der Waals surface area contributed by atoms with Gasteiger partial charge >= 0.3 is 5.97 Å². The maximum Gasteiger partial charge on any atom is 0.320 e. The van der Waals surface area contributed by atoms with Crippen molar-refractivity contribution in [2.45, 2.75) is 31.3 Å². The molecule has 0 amide bonds. The zero-order valence-corrected chi connectivity index (χ0v) is 11.5. The second kappa shape index (κ2) is 6.01. The van der Waals surface area contributed by atoms with Crippen LogP contribution in [0, 0.1) is 0 Å². The number of piperidine rings is 1. The molecule has 2 N–H and O–H groups in total. The van der Waals surface area contributed by atoms with Crippen molar-refractivity contribution in [2.24, 2.45) is 0 Å². The highest BCUT2D eigenvalue weighted by Gasteiger charge is 2.27. The summed E-state index contributed by atoms with van der Waals surface area (Å²) >= 11 is 0. The Hall–Kier alpha value is -2.28. The van der Waals surface area contributed by atoms with Gasteiger partial charge in [0.1, 0.15) is 6.04 Å². The summed E-state index contributed by atoms with van der Waals surface area (Å²) in [6.45, 7) is 0.554. The van der Waals surface area contributed by atoms with Crippen LogP contribution < -0.4 is 5.32 Å². The van der Waals surface area contributed by atoms with E-state index in [1.807, 2.05) is 30.3 Å². The summed E-state index contributed by atoms with van der Waals surface area (Å²) in [5.41, 5.74) is 1.14. The monoisotopic (exact) mass is 287 g/mol. The summed E-state index contributed by atoms with van der Waals surface area (Å²) in [6, 6.07) is 9.60. The fraction of sp³-hybridized carbons (Fsp3) is 0.429. The predicted molar refractivity (Wildman–Crippen MR) is 74.8 cm³/mol. The van der Waals surface area contributed by atoms with Crippen LogP contribution in [0.25, 0.3) is 0 Å². The quantitative estimate of drug-likeness (QED) is 0.857. The largest absolute Gasteiger partial charge is 0.480 e. The van der Waals surface area contributed by atoms with Gasteiger partial charge in [0, 0.05) is 13.0 Å². The van der Waals surface area contributed by atoms with E-state index in [1.165, 1.54) is 0 Å². The maximum absolute atomic E-state index is 10.9. The van der Waals surface area contributed by atoms with Crippen LogP contribution in [0.1, 0.15) is 30.3 Å². The van der Waals surface area contributed by atoms with E-state index in [1.54, 1.807) is 4.80 Å². The number of tetrazole rings is 1. The number of hydrogen-bond acceptors (Lipinski definition) is 5. The first-order valence-electron chi connectivity index (χ1n) is 7.01. The van der Waals surface area contributed by atoms with Crippen molar-refractivity contribution in [1.82, 2.24) is 25.5 Å². The van der Waals surface area contributed by atoms with E-state index in [-0.39, 0.29) is 6.04 Å². The molecule has 1 saturated heterocycles. The summed E-state index contributed by atoms with van der Waals surface area (Å²) in [4.78, 5) is 12.5. The Balaban J connectivity index is 1.62. The predicted octanol–water partition coefficient (Wildman–Crippen LogP) is 0.642. The highest BCUT2D eigenvalue weighted by molar-refractivity contribution is 5.73. The molecular weight excluding hydrogens is 270 g/mol. The molecule has 0 saturated carbocycles. The summed E-state index contributed by atoms with van der Waals surface area (Å²) in [7, 11) is 0. The van der Waals surface area contributed by atoms with E-state index in [4.69, 9.17) is 5.11 Å². The normalized spacial score (nSPS) is 22.1. The van der Waals surface area contributed by atoms with Gasteiger partial charge in [0.05, 0.1) is 6.04 Å². The summed E-state index contributed by atoms with van der Waals surface area (Å²) in [5.74, 6) is -0.119. The molecule has 2 heterocycles. The molecule has 0 bridgehead atoms. The van der Waals surface area contributed by atoms with E-state index in [9.17, 15) is 4.79 Å². The van der Waals surface area contributed by atoms with Crippen molar-refractivity contribution in [2.75, 3.05) is 6.54 Å². The van der Waals surface area contributed by atoms with Crippen LogP contribution in [0.4, 0.5) is 0 Å². The average Bonchev–Trinajstić information content (AvgIpc) is 2.97. The van der Waals surface area contributed by atoms with Crippen molar-refractivity contribution in [3.05, 3.63) is 41.7 Å². The van der Waals surface area contributed by atoms with Crippen LogP contribution in [0.15, 0.2) is 30.3 Å². The van der Waals surface area contributed by atoms with Crippen LogP contribution in [-0.4, -0.2) is 43.9 Å². The third kappa shape index (κ3) is 3.25. The molecule has 0 spiro atoms. The number of hydrogen-bond donors (Lipinski definition) is 2. The zero-order chi connectivity index (χ0) is 14.7. The van der Waals surface area contributed by atoms with Crippen LogP contribution in [0.3, 0.4) is 0 Å². The topological polar surface area (TPSA) is 92.9 Å². The Bertz CT molecular complexity index is 605. The lowest BCUT2D eigenvalue weighted by atomic mass is 10.0. The molecule has 1 aromatic heterocycles. The number of nitrogens with one attached hydrogen (secondary N) is 1. The van der Waals surface area contributed by atoms with Crippen LogP contribution in [-0.2, 0) is 11.2 Å². The lowest BCUT2D eigenvalue weighted by Gasteiger charge is -2.26. The van der Waals surface area contributed by atoms with Crippen molar-refractivity contribution in [1.29, 1.82) is 0 Å². The molecule has 1 aliphatic heterocycles. The van der Waals surface area contributed by atoms with Gasteiger partial charge in [-0.1, -0.05) is 30.3 Å². The molecule has 7 heteroatoms. The van der Waals surface area contributed by atoms with Gasteiger partial charge in [-0.05, 0) is 23.6 Å². The first kappa shape index (κ1) is 13.7. The van der Waals surface area contributed by atoms with E-state index < -0.39 is 12.0 Å². The third-order valence-electron chi connectivity index (χ3n) is 3.69. The van der Waals surface area contributed by atoms with Crippen LogP contribution in [0.2, 0.25) is 0 Å². The van der Waals surface area contributed by atoms with Gasteiger partial charge in [-0.15, -0.1) is 10.2 Å². The first-order chi connectivity index (χ1) is 10.2. The molecule has 2 unspecified atom stereocenters. The van der Waals surface area contributed by atoms with E-state index in [0.717, 1.165) is 12.0 Å². The second-order valence-electron chi connectivity index (χ2n) is 5.22. The minimum atomic E-state index is -0.801. The smallest absolute Gasteiger partial charge is 0.320 e. The Labute approximate surface area is 122 Å². The Morgan fingerprint density at radius 1 is 1.33 bits per heavy atom. The highest BCUT2D eigenvalue weighted by Crippen LogP contribution is 2.18. The Morgan fingerprint density at radius 3 is 2.81 bits per heavy atom. The molecule has 0 aliphatic carbocycles. The standard InChI is InChI=1S/C14H17N5O2/c20-14(21)12-7-6-11(9-15-12)19-17-13(16-18-19)8-10-4-2-1-3-5-10/h1-5,11-12,15H,6-9H2,(H,20,21). The van der Waals surface area contributed by atoms with Crippen LogP contribution in [0.5, 0.6) is 0 Å². The number of aromatic nitrogens is 4. The van der Waals surface area contributed by atoms with Crippen molar-refractivity contribution in [3.8, 4) is 0 Å². The van der Waals surface area contributed by atoms with Gasteiger partial charge in [-0.25, -0.2) is 0 Å². The van der Waals surface area contributed by atoms with Gasteiger partial charge in [0.15, 0.2) is 5.82 Å². The number of aliphatic carboxylic acids is 1. The van der Waals surface area contributed by atoms with Gasteiger partial charge in [-0.3, -0.25) is 4.79 Å². The van der Waals surface area contributed by atoms with E-state index in [2.05, 4.69) is 20.7 Å². The molecule has 3 rings (SSSR count). The first-order valence-corrected chi connectivity index (χ1v) is 7.01. The van der Waals surface area contributed by atoms with Gasteiger partial charge in [0.2, 0.25) is 0 Å². The third-order valence-corrected chi connectivity index (χ3v) is 3.69. The summed E-state index contributed by atoms with van der Waals surface area (Å²) in [5, 5.41) is 24.5. The molecule has 7 nitrogen and oxygen atoms in total. The number of rotatable bonds is 4. The van der Waals surface area contributed by atoms with E-state index in [0.29, 0.717) is 25.2 Å². The lowest BCUT2D eigenvalue weighted by Crippen LogP contribution is -2.44. The zero-order valence-electron chi connectivity index (χ0n) is 11.5. The second-order valence-corrected chi connectivity index (χ2v) is 5.22. The minimum Gasteiger partial charge on any atom is -0.480 e. The molecule has 1 aliphatic rings. The van der Waals surface area contributed by atoms with Gasteiger partial charge in [-0.2, -0.15) is 4.80 Å². The highest BCUT2D eigenvalue weighted by atomic mass is 16.4. The number of benzene rings is 1. The fourth-order valence-corrected chi connectivity index (χ4v) is 2.51. The molecule has 1 aromatic carbocycles. The Morgan fingerprint density at radius 2 is 2.14 bits per heavy atom. The number of carboxylic acid groups (broad SMARTS) is 1. The maximum atomic E-state index is 10.9. The Kier molecular flexibility index (Phi) is 3.92. The number of carbonyl (C=O) groups is 1. The molecule has 0 radical (unpaired) electrons. The fourth-order valence-electron chi connectivity index (χ4n) is 2.51. The molecule has 2 aromatic rings. The van der Waals surface area contributed by atoms with Crippen LogP contribution >= 0.6 is 0 Å². The van der Waals surface area contributed by atoms with Gasteiger partial charge < -0.3 is 10.4 Å². The van der Waals surface area contributed by atoms with Crippen molar-refractivity contribution < 1.29 is 9.90 Å². The average molecular weight is 287 g/mol. The summed E-state index contributed by atoms with van der Waals surface area (Å²) in [6.07, 6.45) is 1.97. The SMILES string of the molecule is O=C(O)C1CCC(n2nnc(Cc3ccccc3)n2)CN1. The molecule has 2 atom stereocenters. The number of nitrogens with zero attached hydrogens (tertiary/aromatic N) is 4. The number of carboxylic acids is 1. The molecule has 21 heavy (non-hydrogen) atoms. The summed E-state index contributed by atoms with van der Waals surface area (Å²) < 4.78 is 0. The van der Waals surface area contributed by atoms with Gasteiger partial charge in [0.25, 0.3) is 0 Å². The lowest BCUT2D eigenvalue weighted by molar-refractivity contribution is -0.140. The van der Waals surface area contributed by atoms with E-state index >= 15 is 0 Å². The molecule has 110 valence electrons. The minimum absolute atomic E-state index is 0.0672. The molecule has 1 fully saturated rings. The van der Waals surface area contributed by atoms with Crippen molar-refractivity contribution >= 4 is 5.97 Å². The van der Waals surface area contributed by atoms with Crippen molar-refractivity contribution in [3.63, 3.8) is 0 Å². The molecular formula is C14H17N5O2.